The number of nitrogen functional groups attached to an aromatic ring is 1. The fraction of sp³-hybridized carbons (Fsp3) is 0.364. The van der Waals surface area contributed by atoms with E-state index in [9.17, 15) is 4.39 Å². The van der Waals surface area contributed by atoms with Gasteiger partial charge >= 0.3 is 0 Å². The van der Waals surface area contributed by atoms with Gasteiger partial charge in [0.25, 0.3) is 6.01 Å². The van der Waals surface area contributed by atoms with E-state index in [1.807, 2.05) is 12.1 Å². The number of nitrogens with two attached hydrogens (primary N) is 1. The average Bonchev–Trinajstić information content (AvgIpc) is 3.35. The van der Waals surface area contributed by atoms with Crippen LogP contribution in [0.1, 0.15) is 25.7 Å². The molecule has 6 rings (SSSR count). The van der Waals surface area contributed by atoms with Gasteiger partial charge in [-0.2, -0.15) is 4.98 Å². The number of halogens is 1. The Morgan fingerprint density at radius 2 is 2.03 bits per heavy atom. The van der Waals surface area contributed by atoms with Crippen LogP contribution in [0.5, 0.6) is 11.5 Å². The van der Waals surface area contributed by atoms with E-state index in [0.29, 0.717) is 36.0 Å². The Bertz CT molecular complexity index is 1270. The number of ether oxygens (including phenoxy) is 2. The van der Waals surface area contributed by atoms with Crippen LogP contribution >= 0.6 is 0 Å². The molecule has 30 heavy (non-hydrogen) atoms. The Hall–Kier alpha value is -3.29. The van der Waals surface area contributed by atoms with Crippen molar-refractivity contribution in [3.63, 3.8) is 0 Å². The summed E-state index contributed by atoms with van der Waals surface area (Å²) in [6, 6.07) is 7.00. The number of hydrogen-bond acceptors (Lipinski definition) is 6. The lowest BCUT2D eigenvalue weighted by Gasteiger charge is -2.17. The van der Waals surface area contributed by atoms with Crippen molar-refractivity contribution < 1.29 is 18.3 Å². The third-order valence-corrected chi connectivity index (χ3v) is 5.72. The van der Waals surface area contributed by atoms with Gasteiger partial charge < -0.3 is 24.2 Å². The number of oxazole rings is 1. The number of benzene rings is 2. The molecule has 2 aromatic heterocycles. The molecule has 0 radical (unpaired) electrons. The quantitative estimate of drug-likeness (QED) is 0.534. The monoisotopic (exact) mass is 408 g/mol. The molecule has 4 aromatic rings. The summed E-state index contributed by atoms with van der Waals surface area (Å²) in [5.74, 6) is 2.32. The molecule has 3 heterocycles. The lowest BCUT2D eigenvalue weighted by molar-refractivity contribution is 0.285. The minimum atomic E-state index is -0.512. The predicted octanol–water partition coefficient (Wildman–Crippen LogP) is 4.53. The second-order valence-corrected chi connectivity index (χ2v) is 8.04. The van der Waals surface area contributed by atoms with Gasteiger partial charge in [-0.3, -0.25) is 0 Å². The maximum Gasteiger partial charge on any atom is 0.293 e. The Kier molecular flexibility index (Phi) is 3.87. The molecule has 1 saturated carbocycles. The molecule has 0 saturated heterocycles. The van der Waals surface area contributed by atoms with E-state index in [4.69, 9.17) is 24.6 Å². The first-order valence-electron chi connectivity index (χ1n) is 10.3. The SMILES string of the molecule is Nc1nc2cc(-c3nc4cc(OCC5CC5)cc5c4n3CCCCO5)cc(F)c2o1. The molecule has 1 aliphatic carbocycles. The lowest BCUT2D eigenvalue weighted by atomic mass is 10.1. The highest BCUT2D eigenvalue weighted by Crippen LogP contribution is 2.38. The number of anilines is 1. The molecule has 8 heteroatoms. The summed E-state index contributed by atoms with van der Waals surface area (Å²) in [6.07, 6.45) is 4.33. The molecule has 0 unspecified atom stereocenters. The smallest absolute Gasteiger partial charge is 0.293 e. The first kappa shape index (κ1) is 17.6. The van der Waals surface area contributed by atoms with Gasteiger partial charge in [0.15, 0.2) is 11.4 Å². The van der Waals surface area contributed by atoms with Crippen LogP contribution in [0.15, 0.2) is 28.7 Å². The van der Waals surface area contributed by atoms with Crippen molar-refractivity contribution in [3.8, 4) is 22.9 Å². The average molecular weight is 408 g/mol. The topological polar surface area (TPSA) is 88.3 Å². The Labute approximate surface area is 171 Å². The third kappa shape index (κ3) is 2.94. The number of fused-ring (bicyclic) bond motifs is 1. The van der Waals surface area contributed by atoms with Crippen molar-refractivity contribution in [2.45, 2.75) is 32.2 Å². The van der Waals surface area contributed by atoms with Gasteiger partial charge in [-0.05, 0) is 43.7 Å². The normalized spacial score (nSPS) is 16.4. The molecule has 0 spiro atoms. The van der Waals surface area contributed by atoms with E-state index in [2.05, 4.69) is 9.55 Å². The number of rotatable bonds is 4. The molecule has 0 atom stereocenters. The maximum atomic E-state index is 14.7. The van der Waals surface area contributed by atoms with Crippen LogP contribution < -0.4 is 15.2 Å². The Morgan fingerprint density at radius 1 is 1.13 bits per heavy atom. The number of hydrogen-bond donors (Lipinski definition) is 1. The van der Waals surface area contributed by atoms with Crippen molar-refractivity contribution in [1.29, 1.82) is 0 Å². The van der Waals surface area contributed by atoms with Crippen molar-refractivity contribution >= 4 is 28.1 Å². The van der Waals surface area contributed by atoms with Crippen molar-refractivity contribution in [3.05, 3.63) is 30.1 Å². The predicted molar refractivity (Wildman–Crippen MR) is 110 cm³/mol. The highest BCUT2D eigenvalue weighted by molar-refractivity contribution is 5.89. The first-order valence-corrected chi connectivity index (χ1v) is 10.3. The standard InChI is InChI=1S/C22H21FN4O3/c23-15-7-13(8-17-20(15)30-22(24)26-17)21-25-16-9-14(29-11-12-3-4-12)10-18-19(16)27(21)5-1-2-6-28-18/h7-10,12H,1-6,11H2,(H2,24,26). The first-order chi connectivity index (χ1) is 14.7. The third-order valence-electron chi connectivity index (χ3n) is 5.72. The number of nitrogens with zero attached hydrogens (tertiary/aromatic N) is 3. The Balaban J connectivity index is 1.52. The summed E-state index contributed by atoms with van der Waals surface area (Å²) in [7, 11) is 0. The van der Waals surface area contributed by atoms with Crippen molar-refractivity contribution in [1.82, 2.24) is 14.5 Å². The summed E-state index contributed by atoms with van der Waals surface area (Å²) in [6.45, 7) is 2.14. The van der Waals surface area contributed by atoms with Gasteiger partial charge in [0.1, 0.15) is 28.4 Å². The van der Waals surface area contributed by atoms with E-state index in [0.717, 1.165) is 41.9 Å². The second-order valence-electron chi connectivity index (χ2n) is 8.04. The molecule has 154 valence electrons. The van der Waals surface area contributed by atoms with Gasteiger partial charge in [0.2, 0.25) is 0 Å². The summed E-state index contributed by atoms with van der Waals surface area (Å²) in [5, 5.41) is 0. The molecule has 7 nitrogen and oxygen atoms in total. The van der Waals surface area contributed by atoms with Gasteiger partial charge in [-0.1, -0.05) is 0 Å². The van der Waals surface area contributed by atoms with Crippen LogP contribution in [0.25, 0.3) is 33.5 Å². The van der Waals surface area contributed by atoms with Gasteiger partial charge in [0.05, 0.1) is 18.7 Å². The van der Waals surface area contributed by atoms with E-state index in [1.165, 1.54) is 18.9 Å². The number of aromatic nitrogens is 3. The molecule has 2 N–H and O–H groups in total. The van der Waals surface area contributed by atoms with Crippen LogP contribution in [-0.2, 0) is 6.54 Å². The van der Waals surface area contributed by atoms with Crippen LogP contribution in [0.2, 0.25) is 0 Å². The van der Waals surface area contributed by atoms with E-state index < -0.39 is 5.82 Å². The Morgan fingerprint density at radius 3 is 2.90 bits per heavy atom. The number of imidazole rings is 1. The zero-order valence-corrected chi connectivity index (χ0v) is 16.4. The highest BCUT2D eigenvalue weighted by Gasteiger charge is 2.24. The van der Waals surface area contributed by atoms with Gasteiger partial charge in [0, 0.05) is 24.2 Å². The summed E-state index contributed by atoms with van der Waals surface area (Å²) in [5.41, 5.74) is 8.34. The zero-order valence-electron chi connectivity index (χ0n) is 16.4. The van der Waals surface area contributed by atoms with Crippen molar-refractivity contribution in [2.24, 2.45) is 5.92 Å². The zero-order chi connectivity index (χ0) is 20.2. The minimum Gasteiger partial charge on any atom is -0.493 e. The maximum absolute atomic E-state index is 14.7. The highest BCUT2D eigenvalue weighted by atomic mass is 19.1. The van der Waals surface area contributed by atoms with Gasteiger partial charge in [-0.25, -0.2) is 9.37 Å². The van der Waals surface area contributed by atoms with E-state index in [1.54, 1.807) is 6.07 Å². The molecule has 0 amide bonds. The molecule has 1 fully saturated rings. The van der Waals surface area contributed by atoms with Gasteiger partial charge in [-0.15, -0.1) is 0 Å². The fourth-order valence-electron chi connectivity index (χ4n) is 4.03. The summed E-state index contributed by atoms with van der Waals surface area (Å²) >= 11 is 0. The lowest BCUT2D eigenvalue weighted by Crippen LogP contribution is -2.09. The largest absolute Gasteiger partial charge is 0.493 e. The molecule has 0 bridgehead atoms. The summed E-state index contributed by atoms with van der Waals surface area (Å²) < 4.78 is 33.9. The minimum absolute atomic E-state index is 0.0554. The van der Waals surface area contributed by atoms with Crippen LogP contribution in [0.3, 0.4) is 0 Å². The van der Waals surface area contributed by atoms with E-state index in [-0.39, 0.29) is 11.6 Å². The molecular weight excluding hydrogens is 387 g/mol. The van der Waals surface area contributed by atoms with E-state index >= 15 is 0 Å². The fourth-order valence-corrected chi connectivity index (χ4v) is 4.03. The molecule has 1 aliphatic heterocycles. The van der Waals surface area contributed by atoms with Crippen LogP contribution in [-0.4, -0.2) is 27.7 Å². The second kappa shape index (κ2) is 6.62. The van der Waals surface area contributed by atoms with Crippen molar-refractivity contribution in [2.75, 3.05) is 18.9 Å². The van der Waals surface area contributed by atoms with Crippen LogP contribution in [0.4, 0.5) is 10.4 Å². The summed E-state index contributed by atoms with van der Waals surface area (Å²) in [4.78, 5) is 8.93. The number of aryl methyl sites for hydroxylation is 1. The van der Waals surface area contributed by atoms with Crippen LogP contribution in [0, 0.1) is 11.7 Å². The molecule has 2 aromatic carbocycles. The molecular formula is C22H21FN4O3. The molecule has 2 aliphatic rings.